The number of amides is 1. The van der Waals surface area contributed by atoms with Gasteiger partial charge in [-0.05, 0) is 83.1 Å². The number of aryl methyl sites for hydroxylation is 2. The largest absolute Gasteiger partial charge is 0.475 e. The third-order valence-corrected chi connectivity index (χ3v) is 8.95. The van der Waals surface area contributed by atoms with Crippen LogP contribution in [0.3, 0.4) is 0 Å². The smallest absolute Gasteiger partial charge is 0.264 e. The summed E-state index contributed by atoms with van der Waals surface area (Å²) < 4.78 is 36.7. The molecule has 0 fully saturated rings. The predicted octanol–water partition coefficient (Wildman–Crippen LogP) is 6.98. The van der Waals surface area contributed by atoms with Crippen LogP contribution in [0.4, 0.5) is 5.95 Å². The highest BCUT2D eigenvalue weighted by Gasteiger charge is 2.31. The topological polar surface area (TPSA) is 114 Å². The van der Waals surface area contributed by atoms with Gasteiger partial charge in [-0.1, -0.05) is 45.0 Å². The summed E-state index contributed by atoms with van der Waals surface area (Å²) >= 11 is 3.42. The summed E-state index contributed by atoms with van der Waals surface area (Å²) in [6, 6.07) is 17.0. The number of nitrogens with one attached hydrogen (secondary N) is 1. The Bertz CT molecular complexity index is 1760. The minimum Gasteiger partial charge on any atom is -0.475 e. The second-order valence-electron chi connectivity index (χ2n) is 11.9. The van der Waals surface area contributed by atoms with Crippen molar-refractivity contribution < 1.29 is 17.9 Å². The number of anilines is 1. The zero-order valence-corrected chi connectivity index (χ0v) is 28.4. The zero-order valence-electron chi connectivity index (χ0n) is 25.2. The molecule has 4 bridgehead atoms. The number of hydrogen-bond donors (Lipinski definition) is 1. The Balaban J connectivity index is 0.00000442. The maximum atomic E-state index is 14.2. The summed E-state index contributed by atoms with van der Waals surface area (Å²) in [6.07, 6.45) is 2.29. The molecule has 0 saturated heterocycles. The van der Waals surface area contributed by atoms with Gasteiger partial charge in [-0.3, -0.25) is 9.78 Å². The monoisotopic (exact) mass is 699 g/mol. The number of fused-ring (bicyclic) bond motifs is 4. The second-order valence-corrected chi connectivity index (χ2v) is 14.5. The summed E-state index contributed by atoms with van der Waals surface area (Å²) in [5.41, 5.74) is 4.11. The lowest BCUT2D eigenvalue weighted by Crippen LogP contribution is -2.45. The molecule has 1 N–H and O–H groups in total. The molecule has 1 amide bonds. The van der Waals surface area contributed by atoms with Crippen molar-refractivity contribution in [2.45, 2.75) is 58.5 Å². The molecular formula is C32H35BrClN5O4S. The lowest BCUT2D eigenvalue weighted by molar-refractivity contribution is 0.0509. The standard InChI is InChI=1S/C32H34BrN5O4S.ClH/c1-20-8-6-9-21(2)29(20)27-15-28-36-31(35-27)37-43(40,41)26-11-7-10-22(14-26)30(39)38(18-24-13-12-23(33)17-34-24)25(19-42-28)16-32(3,4)5;/h6-15,17,25H,16,18-19H2,1-5H3,(H,35,36,37);1H/t25-;/m1./s1. The van der Waals surface area contributed by atoms with Crippen LogP contribution < -0.4 is 9.46 Å². The molecule has 0 spiro atoms. The Labute approximate surface area is 273 Å². The van der Waals surface area contributed by atoms with Gasteiger partial charge in [0.25, 0.3) is 15.9 Å². The maximum Gasteiger partial charge on any atom is 0.264 e. The molecule has 232 valence electrons. The average Bonchev–Trinajstić information content (AvgIpc) is 2.93. The van der Waals surface area contributed by atoms with Crippen molar-refractivity contribution in [1.82, 2.24) is 19.9 Å². The van der Waals surface area contributed by atoms with Crippen molar-refractivity contribution in [2.24, 2.45) is 5.41 Å². The third kappa shape index (κ3) is 7.75. The van der Waals surface area contributed by atoms with Gasteiger partial charge < -0.3 is 9.64 Å². The number of nitrogens with zero attached hydrogens (tertiary/aromatic N) is 4. The molecule has 4 aromatic rings. The molecule has 9 nitrogen and oxygen atoms in total. The van der Waals surface area contributed by atoms with Crippen LogP contribution in [0.1, 0.15) is 54.4 Å². The molecule has 1 aliphatic rings. The van der Waals surface area contributed by atoms with E-state index in [9.17, 15) is 13.2 Å². The average molecular weight is 701 g/mol. The Morgan fingerprint density at radius 3 is 2.39 bits per heavy atom. The molecule has 2 aromatic carbocycles. The number of carbonyl (C=O) groups is 1. The van der Waals surface area contributed by atoms with Crippen LogP contribution in [-0.2, 0) is 16.6 Å². The first kappa shape index (κ1) is 33.4. The first-order valence-corrected chi connectivity index (χ1v) is 16.2. The summed E-state index contributed by atoms with van der Waals surface area (Å²) in [4.78, 5) is 29.4. The first-order chi connectivity index (χ1) is 20.3. The van der Waals surface area contributed by atoms with Crippen molar-refractivity contribution >= 4 is 50.2 Å². The SMILES string of the molecule is Cc1cccc(C)c1-c1cc2nc(n1)NS(=O)(=O)c1cccc(c1)C(=O)N(Cc1ccc(Br)cn1)[C@H](CC(C)(C)C)CO2.Cl. The lowest BCUT2D eigenvalue weighted by Gasteiger charge is -2.35. The van der Waals surface area contributed by atoms with Gasteiger partial charge in [0.1, 0.15) is 6.61 Å². The fourth-order valence-corrected chi connectivity index (χ4v) is 6.44. The van der Waals surface area contributed by atoms with Gasteiger partial charge in [0, 0.05) is 27.9 Å². The number of pyridine rings is 1. The Kier molecular flexibility index (Phi) is 10.0. The van der Waals surface area contributed by atoms with E-state index < -0.39 is 16.1 Å². The van der Waals surface area contributed by atoms with Gasteiger partial charge in [-0.15, -0.1) is 12.4 Å². The van der Waals surface area contributed by atoms with Crippen molar-refractivity contribution in [3.8, 4) is 17.1 Å². The van der Waals surface area contributed by atoms with Crippen LogP contribution in [-0.4, -0.2) is 46.8 Å². The van der Waals surface area contributed by atoms with Gasteiger partial charge in [0.2, 0.25) is 11.8 Å². The zero-order chi connectivity index (χ0) is 30.9. The molecule has 3 heterocycles. The van der Waals surface area contributed by atoms with Crippen molar-refractivity contribution in [1.29, 1.82) is 0 Å². The minimum atomic E-state index is -4.14. The van der Waals surface area contributed by atoms with E-state index in [1.807, 2.05) is 44.2 Å². The van der Waals surface area contributed by atoms with Crippen LogP contribution in [0.25, 0.3) is 11.3 Å². The molecule has 1 aliphatic heterocycles. The van der Waals surface area contributed by atoms with Crippen molar-refractivity contribution in [3.05, 3.63) is 93.7 Å². The molecule has 1 atom stereocenters. The maximum absolute atomic E-state index is 14.2. The minimum absolute atomic E-state index is 0. The predicted molar refractivity (Wildman–Crippen MR) is 177 cm³/mol. The Morgan fingerprint density at radius 1 is 1.02 bits per heavy atom. The number of ether oxygens (including phenoxy) is 1. The molecule has 12 heteroatoms. The van der Waals surface area contributed by atoms with E-state index in [1.165, 1.54) is 12.1 Å². The molecule has 44 heavy (non-hydrogen) atoms. The van der Waals surface area contributed by atoms with Crippen molar-refractivity contribution in [3.63, 3.8) is 0 Å². The number of benzene rings is 2. The summed E-state index contributed by atoms with van der Waals surface area (Å²) in [6.45, 7) is 10.6. The summed E-state index contributed by atoms with van der Waals surface area (Å²) in [7, 11) is -4.14. The molecule has 0 unspecified atom stereocenters. The van der Waals surface area contributed by atoms with Gasteiger partial charge in [0.15, 0.2) is 0 Å². The number of sulfonamides is 1. The number of aromatic nitrogens is 3. The van der Waals surface area contributed by atoms with Crippen molar-refractivity contribution in [2.75, 3.05) is 11.3 Å². The highest BCUT2D eigenvalue weighted by Crippen LogP contribution is 2.31. The molecule has 5 rings (SSSR count). The van der Waals surface area contributed by atoms with Crippen LogP contribution in [0, 0.1) is 19.3 Å². The quantitative estimate of drug-likeness (QED) is 0.244. The van der Waals surface area contributed by atoms with Gasteiger partial charge in [-0.25, -0.2) is 18.1 Å². The third-order valence-electron chi connectivity index (χ3n) is 7.15. The number of hydrogen-bond acceptors (Lipinski definition) is 7. The Hall–Kier alpha value is -3.54. The van der Waals surface area contributed by atoms with Gasteiger partial charge in [-0.2, -0.15) is 4.98 Å². The Morgan fingerprint density at radius 2 is 1.73 bits per heavy atom. The first-order valence-electron chi connectivity index (χ1n) is 13.9. The molecular weight excluding hydrogens is 666 g/mol. The van der Waals surface area contributed by atoms with Crippen LogP contribution in [0.2, 0.25) is 0 Å². The number of rotatable bonds is 4. The second kappa shape index (κ2) is 13.2. The van der Waals surface area contributed by atoms with E-state index in [0.29, 0.717) is 17.8 Å². The van der Waals surface area contributed by atoms with E-state index in [0.717, 1.165) is 21.2 Å². The highest BCUT2D eigenvalue weighted by molar-refractivity contribution is 9.10. The molecule has 0 radical (unpaired) electrons. The fraction of sp³-hybridized carbons (Fsp3) is 0.312. The summed E-state index contributed by atoms with van der Waals surface area (Å²) in [5.74, 6) is -0.244. The van der Waals surface area contributed by atoms with Crippen LogP contribution >= 0.6 is 28.3 Å². The van der Waals surface area contributed by atoms with Crippen LogP contribution in [0.15, 0.2) is 76.2 Å². The normalized spacial score (nSPS) is 16.4. The van der Waals surface area contributed by atoms with E-state index in [4.69, 9.17) is 4.74 Å². The van der Waals surface area contributed by atoms with E-state index in [2.05, 4.69) is 56.4 Å². The molecule has 0 aliphatic carbocycles. The van der Waals surface area contributed by atoms with Gasteiger partial charge >= 0.3 is 0 Å². The molecule has 0 saturated carbocycles. The fourth-order valence-electron chi connectivity index (χ4n) is 5.22. The lowest BCUT2D eigenvalue weighted by atomic mass is 9.87. The van der Waals surface area contributed by atoms with E-state index in [-0.39, 0.29) is 59.2 Å². The number of halogens is 2. The molecule has 2 aromatic heterocycles. The highest BCUT2D eigenvalue weighted by atomic mass is 79.9. The van der Waals surface area contributed by atoms with E-state index in [1.54, 1.807) is 29.3 Å². The number of carbonyl (C=O) groups excluding carboxylic acids is 1. The van der Waals surface area contributed by atoms with Crippen LogP contribution in [0.5, 0.6) is 5.88 Å². The van der Waals surface area contributed by atoms with Gasteiger partial charge in [0.05, 0.1) is 28.9 Å². The van der Waals surface area contributed by atoms with E-state index >= 15 is 0 Å². The summed E-state index contributed by atoms with van der Waals surface area (Å²) in [5, 5.41) is 0.